The Morgan fingerprint density at radius 1 is 1.00 bits per heavy atom. The zero-order valence-electron chi connectivity index (χ0n) is 11.1. The highest BCUT2D eigenvalue weighted by atomic mass is 79.9. The van der Waals surface area contributed by atoms with Crippen molar-refractivity contribution in [1.29, 1.82) is 0 Å². The normalized spacial score (nSPS) is 10.1. The van der Waals surface area contributed by atoms with Crippen molar-refractivity contribution in [3.8, 4) is 0 Å². The van der Waals surface area contributed by atoms with Gasteiger partial charge < -0.3 is 10.6 Å². The van der Waals surface area contributed by atoms with Gasteiger partial charge in [0.25, 0.3) is 0 Å². The van der Waals surface area contributed by atoms with Gasteiger partial charge in [-0.05, 0) is 29.8 Å². The van der Waals surface area contributed by atoms with E-state index in [1.165, 1.54) is 0 Å². The molecule has 2 aromatic carbocycles. The van der Waals surface area contributed by atoms with Crippen LogP contribution in [0.3, 0.4) is 0 Å². The van der Waals surface area contributed by atoms with Crippen LogP contribution in [0, 0.1) is 0 Å². The number of amides is 1. The Balaban J connectivity index is 1.66. The Morgan fingerprint density at radius 2 is 1.70 bits per heavy atom. The third-order valence-electron chi connectivity index (χ3n) is 2.86. The summed E-state index contributed by atoms with van der Waals surface area (Å²) in [6.07, 6.45) is 0.461. The van der Waals surface area contributed by atoms with Gasteiger partial charge in [-0.1, -0.05) is 46.3 Å². The molecule has 0 aliphatic rings. The quantitative estimate of drug-likeness (QED) is 0.849. The van der Waals surface area contributed by atoms with Crippen LogP contribution in [0.1, 0.15) is 12.0 Å². The smallest absolute Gasteiger partial charge is 0.222 e. The molecule has 1 amide bonds. The molecule has 0 atom stereocenters. The monoisotopic (exact) mass is 332 g/mol. The van der Waals surface area contributed by atoms with Crippen LogP contribution in [0.2, 0.25) is 0 Å². The van der Waals surface area contributed by atoms with Gasteiger partial charge in [-0.3, -0.25) is 4.79 Å². The lowest BCUT2D eigenvalue weighted by Gasteiger charge is -2.07. The molecular weight excluding hydrogens is 316 g/mol. The zero-order chi connectivity index (χ0) is 14.2. The maximum atomic E-state index is 11.7. The summed E-state index contributed by atoms with van der Waals surface area (Å²) in [5.74, 6) is 0.0541. The van der Waals surface area contributed by atoms with E-state index in [4.69, 9.17) is 0 Å². The number of halogens is 1. The third-order valence-corrected chi connectivity index (χ3v) is 3.39. The number of nitrogens with one attached hydrogen (secondary N) is 2. The molecule has 0 aliphatic carbocycles. The van der Waals surface area contributed by atoms with E-state index in [0.29, 0.717) is 19.5 Å². The minimum atomic E-state index is 0.0541. The number of hydrogen-bond donors (Lipinski definition) is 2. The van der Waals surface area contributed by atoms with E-state index in [-0.39, 0.29) is 5.91 Å². The van der Waals surface area contributed by atoms with Crippen molar-refractivity contribution in [2.75, 3.05) is 11.9 Å². The van der Waals surface area contributed by atoms with Crippen molar-refractivity contribution in [3.63, 3.8) is 0 Å². The summed E-state index contributed by atoms with van der Waals surface area (Å²) < 4.78 is 1.05. The summed E-state index contributed by atoms with van der Waals surface area (Å²) >= 11 is 3.39. The molecule has 2 aromatic rings. The first-order valence-electron chi connectivity index (χ1n) is 6.54. The molecule has 0 aliphatic heterocycles. The minimum Gasteiger partial charge on any atom is -0.385 e. The van der Waals surface area contributed by atoms with Crippen molar-refractivity contribution in [1.82, 2.24) is 5.32 Å². The van der Waals surface area contributed by atoms with Gasteiger partial charge in [-0.2, -0.15) is 0 Å². The van der Waals surface area contributed by atoms with Gasteiger partial charge in [0.2, 0.25) is 5.91 Å². The number of carbonyl (C=O) groups is 1. The Kier molecular flexibility index (Phi) is 5.62. The molecular formula is C16H17BrN2O. The first-order valence-corrected chi connectivity index (χ1v) is 7.33. The van der Waals surface area contributed by atoms with E-state index in [1.54, 1.807) is 0 Å². The van der Waals surface area contributed by atoms with Gasteiger partial charge in [-0.15, -0.1) is 0 Å². The Hall–Kier alpha value is -1.81. The summed E-state index contributed by atoms with van der Waals surface area (Å²) in [7, 11) is 0. The molecule has 0 saturated carbocycles. The van der Waals surface area contributed by atoms with Gasteiger partial charge in [0.05, 0.1) is 0 Å². The number of benzene rings is 2. The van der Waals surface area contributed by atoms with Crippen LogP contribution >= 0.6 is 15.9 Å². The van der Waals surface area contributed by atoms with Crippen molar-refractivity contribution >= 4 is 27.5 Å². The fourth-order valence-electron chi connectivity index (χ4n) is 1.77. The first kappa shape index (κ1) is 14.6. The Bertz CT molecular complexity index is 540. The average molecular weight is 333 g/mol. The van der Waals surface area contributed by atoms with Crippen molar-refractivity contribution in [2.24, 2.45) is 0 Å². The molecule has 2 N–H and O–H groups in total. The molecule has 104 valence electrons. The molecule has 0 fully saturated rings. The SMILES string of the molecule is O=C(CCNc1ccc(Br)cc1)NCc1ccccc1. The average Bonchev–Trinajstić information content (AvgIpc) is 2.48. The van der Waals surface area contributed by atoms with Gasteiger partial charge in [-0.25, -0.2) is 0 Å². The van der Waals surface area contributed by atoms with Gasteiger partial charge in [0.15, 0.2) is 0 Å². The van der Waals surface area contributed by atoms with Crippen molar-refractivity contribution in [3.05, 3.63) is 64.6 Å². The largest absolute Gasteiger partial charge is 0.385 e. The van der Waals surface area contributed by atoms with E-state index in [2.05, 4.69) is 26.6 Å². The highest BCUT2D eigenvalue weighted by Crippen LogP contribution is 2.13. The topological polar surface area (TPSA) is 41.1 Å². The predicted molar refractivity (Wildman–Crippen MR) is 85.5 cm³/mol. The van der Waals surface area contributed by atoms with Gasteiger partial charge in [0, 0.05) is 29.7 Å². The minimum absolute atomic E-state index is 0.0541. The van der Waals surface area contributed by atoms with Crippen LogP contribution in [0.25, 0.3) is 0 Å². The van der Waals surface area contributed by atoms with Crippen LogP contribution in [0.4, 0.5) is 5.69 Å². The molecule has 3 nitrogen and oxygen atoms in total. The molecule has 20 heavy (non-hydrogen) atoms. The van der Waals surface area contributed by atoms with E-state index in [0.717, 1.165) is 15.7 Å². The fourth-order valence-corrected chi connectivity index (χ4v) is 2.04. The molecule has 0 radical (unpaired) electrons. The highest BCUT2D eigenvalue weighted by molar-refractivity contribution is 9.10. The van der Waals surface area contributed by atoms with Crippen LogP contribution in [0.5, 0.6) is 0 Å². The van der Waals surface area contributed by atoms with Crippen molar-refractivity contribution < 1.29 is 4.79 Å². The highest BCUT2D eigenvalue weighted by Gasteiger charge is 2.01. The summed E-state index contributed by atoms with van der Waals surface area (Å²) in [5.41, 5.74) is 2.13. The lowest BCUT2D eigenvalue weighted by molar-refractivity contribution is -0.121. The molecule has 2 rings (SSSR count). The second-order valence-corrected chi connectivity index (χ2v) is 5.36. The van der Waals surface area contributed by atoms with Crippen LogP contribution in [-0.2, 0) is 11.3 Å². The fraction of sp³-hybridized carbons (Fsp3) is 0.188. The van der Waals surface area contributed by atoms with E-state index < -0.39 is 0 Å². The second-order valence-electron chi connectivity index (χ2n) is 4.45. The molecule has 0 aromatic heterocycles. The summed E-state index contributed by atoms with van der Waals surface area (Å²) in [4.78, 5) is 11.7. The molecule has 0 unspecified atom stereocenters. The lowest BCUT2D eigenvalue weighted by Crippen LogP contribution is -2.24. The van der Waals surface area contributed by atoms with Gasteiger partial charge in [0.1, 0.15) is 0 Å². The molecule has 4 heteroatoms. The third kappa shape index (κ3) is 5.05. The van der Waals surface area contributed by atoms with Crippen LogP contribution in [0.15, 0.2) is 59.1 Å². The molecule has 0 spiro atoms. The standard InChI is InChI=1S/C16H17BrN2O/c17-14-6-8-15(9-7-14)18-11-10-16(20)19-12-13-4-2-1-3-5-13/h1-9,18H,10-12H2,(H,19,20). The molecule has 0 bridgehead atoms. The van der Waals surface area contributed by atoms with E-state index in [1.807, 2.05) is 54.6 Å². The maximum absolute atomic E-state index is 11.7. The second kappa shape index (κ2) is 7.70. The van der Waals surface area contributed by atoms with Crippen LogP contribution in [-0.4, -0.2) is 12.5 Å². The number of rotatable bonds is 6. The number of hydrogen-bond acceptors (Lipinski definition) is 2. The van der Waals surface area contributed by atoms with E-state index in [9.17, 15) is 4.79 Å². The summed E-state index contributed by atoms with van der Waals surface area (Å²) in [5, 5.41) is 6.13. The van der Waals surface area contributed by atoms with Crippen LogP contribution < -0.4 is 10.6 Å². The van der Waals surface area contributed by atoms with Gasteiger partial charge >= 0.3 is 0 Å². The summed E-state index contributed by atoms with van der Waals surface area (Å²) in [6, 6.07) is 17.8. The number of carbonyl (C=O) groups excluding carboxylic acids is 1. The maximum Gasteiger partial charge on any atom is 0.222 e. The Labute approximate surface area is 127 Å². The Morgan fingerprint density at radius 3 is 2.40 bits per heavy atom. The molecule has 0 saturated heterocycles. The summed E-state index contributed by atoms with van der Waals surface area (Å²) in [6.45, 7) is 1.21. The van der Waals surface area contributed by atoms with Crippen molar-refractivity contribution in [2.45, 2.75) is 13.0 Å². The zero-order valence-corrected chi connectivity index (χ0v) is 12.7. The number of anilines is 1. The molecule has 0 heterocycles. The lowest BCUT2D eigenvalue weighted by atomic mass is 10.2. The van der Waals surface area contributed by atoms with E-state index >= 15 is 0 Å². The predicted octanol–water partition coefficient (Wildman–Crippen LogP) is 3.57. The first-order chi connectivity index (χ1) is 9.74.